The molecule has 0 bridgehead atoms. The number of carbonyl (C=O) groups excluding carboxylic acids is 1. The molecule has 1 aromatic carbocycles. The van der Waals surface area contributed by atoms with Crippen LogP contribution in [-0.4, -0.2) is 33.2 Å². The van der Waals surface area contributed by atoms with Crippen molar-refractivity contribution in [3.8, 4) is 0 Å². The molecular weight excluding hydrogens is 288 g/mol. The van der Waals surface area contributed by atoms with E-state index >= 15 is 0 Å². The van der Waals surface area contributed by atoms with E-state index < -0.39 is 10.0 Å². The highest BCUT2D eigenvalue weighted by molar-refractivity contribution is 7.92. The molecule has 0 aromatic heterocycles. The Balaban J connectivity index is 2.89. The van der Waals surface area contributed by atoms with Crippen LogP contribution in [0.1, 0.15) is 32.3 Å². The molecule has 0 saturated carbocycles. The third-order valence-corrected chi connectivity index (χ3v) is 4.25. The topological polar surface area (TPSA) is 66.5 Å². The Hall–Kier alpha value is -1.56. The number of aryl methyl sites for hydroxylation is 1. The van der Waals surface area contributed by atoms with Crippen molar-refractivity contribution >= 4 is 21.6 Å². The minimum Gasteiger partial charge on any atom is -0.352 e. The van der Waals surface area contributed by atoms with E-state index in [1.807, 2.05) is 26.8 Å². The maximum atomic E-state index is 12.0. The lowest BCUT2D eigenvalue weighted by Gasteiger charge is -2.23. The average Bonchev–Trinajstić information content (AvgIpc) is 2.34. The zero-order chi connectivity index (χ0) is 16.0. The fourth-order valence-electron chi connectivity index (χ4n) is 2.14. The number of rotatable bonds is 7. The number of benzene rings is 1. The van der Waals surface area contributed by atoms with Gasteiger partial charge >= 0.3 is 0 Å². The first-order valence-electron chi connectivity index (χ1n) is 7.07. The summed E-state index contributed by atoms with van der Waals surface area (Å²) >= 11 is 0. The van der Waals surface area contributed by atoms with Gasteiger partial charge in [0.25, 0.3) is 0 Å². The fraction of sp³-hybridized carbons (Fsp3) is 0.533. The lowest BCUT2D eigenvalue weighted by molar-refractivity contribution is -0.120. The van der Waals surface area contributed by atoms with Gasteiger partial charge in [-0.3, -0.25) is 9.10 Å². The molecule has 1 aromatic rings. The number of sulfonamides is 1. The van der Waals surface area contributed by atoms with E-state index in [2.05, 4.69) is 5.32 Å². The van der Waals surface area contributed by atoms with Gasteiger partial charge in [0.05, 0.1) is 11.9 Å². The predicted octanol–water partition coefficient (Wildman–Crippen LogP) is 2.07. The largest absolute Gasteiger partial charge is 0.352 e. The summed E-state index contributed by atoms with van der Waals surface area (Å²) in [7, 11) is -3.51. The van der Waals surface area contributed by atoms with Gasteiger partial charge in [0.15, 0.2) is 0 Å². The van der Waals surface area contributed by atoms with Crippen LogP contribution >= 0.6 is 0 Å². The summed E-state index contributed by atoms with van der Waals surface area (Å²) in [4.78, 5) is 12.0. The van der Waals surface area contributed by atoms with Crippen LogP contribution in [0.2, 0.25) is 0 Å². The van der Waals surface area contributed by atoms with E-state index in [4.69, 9.17) is 0 Å². The van der Waals surface area contributed by atoms with Crippen LogP contribution in [0, 0.1) is 6.92 Å². The van der Waals surface area contributed by atoms with Gasteiger partial charge in [-0.05, 0) is 38.0 Å². The molecule has 1 amide bonds. The summed E-state index contributed by atoms with van der Waals surface area (Å²) < 4.78 is 25.0. The first kappa shape index (κ1) is 17.5. The Morgan fingerprint density at radius 1 is 1.38 bits per heavy atom. The predicted molar refractivity (Wildman–Crippen MR) is 85.9 cm³/mol. The Labute approximate surface area is 127 Å². The standard InChI is InChI=1S/C15H24N2O3S/c1-5-7-13(3)16-15(18)11-17(21(4,19)20)14-9-6-8-12(2)10-14/h6,8-10,13H,5,7,11H2,1-4H3,(H,16,18). The lowest BCUT2D eigenvalue weighted by atomic mass is 10.2. The number of amides is 1. The monoisotopic (exact) mass is 312 g/mol. The van der Waals surface area contributed by atoms with Crippen molar-refractivity contribution in [1.82, 2.24) is 5.32 Å². The van der Waals surface area contributed by atoms with E-state index in [0.717, 1.165) is 29.0 Å². The molecule has 5 nitrogen and oxygen atoms in total. The molecule has 0 spiro atoms. The fourth-order valence-corrected chi connectivity index (χ4v) is 2.99. The van der Waals surface area contributed by atoms with Crippen molar-refractivity contribution in [3.63, 3.8) is 0 Å². The molecule has 0 aliphatic carbocycles. The van der Waals surface area contributed by atoms with Crippen LogP contribution in [-0.2, 0) is 14.8 Å². The molecule has 0 heterocycles. The van der Waals surface area contributed by atoms with Gasteiger partial charge in [-0.15, -0.1) is 0 Å². The molecule has 21 heavy (non-hydrogen) atoms. The van der Waals surface area contributed by atoms with Crippen LogP contribution in [0.15, 0.2) is 24.3 Å². The molecule has 1 atom stereocenters. The van der Waals surface area contributed by atoms with Crippen LogP contribution in [0.25, 0.3) is 0 Å². The maximum Gasteiger partial charge on any atom is 0.240 e. The minimum atomic E-state index is -3.51. The molecule has 1 rings (SSSR count). The normalized spacial score (nSPS) is 12.8. The SMILES string of the molecule is CCCC(C)NC(=O)CN(c1cccc(C)c1)S(C)(=O)=O. The Kier molecular flexibility index (Phi) is 6.20. The van der Waals surface area contributed by atoms with Crippen LogP contribution in [0.4, 0.5) is 5.69 Å². The zero-order valence-corrected chi connectivity index (χ0v) is 13.9. The van der Waals surface area contributed by atoms with Crippen molar-refractivity contribution in [3.05, 3.63) is 29.8 Å². The van der Waals surface area contributed by atoms with E-state index in [1.54, 1.807) is 18.2 Å². The van der Waals surface area contributed by atoms with Gasteiger partial charge in [0.2, 0.25) is 15.9 Å². The van der Waals surface area contributed by atoms with Gasteiger partial charge in [0, 0.05) is 6.04 Å². The summed E-state index contributed by atoms with van der Waals surface area (Å²) in [5.74, 6) is -0.289. The highest BCUT2D eigenvalue weighted by atomic mass is 32.2. The highest BCUT2D eigenvalue weighted by Crippen LogP contribution is 2.18. The Morgan fingerprint density at radius 2 is 2.05 bits per heavy atom. The summed E-state index contributed by atoms with van der Waals surface area (Å²) in [6.07, 6.45) is 2.95. The quantitative estimate of drug-likeness (QED) is 0.838. The summed E-state index contributed by atoms with van der Waals surface area (Å²) in [6, 6.07) is 7.15. The first-order valence-corrected chi connectivity index (χ1v) is 8.92. The molecule has 0 fully saturated rings. The van der Waals surface area contributed by atoms with Crippen molar-refractivity contribution in [2.45, 2.75) is 39.7 Å². The van der Waals surface area contributed by atoms with Gasteiger partial charge in [-0.2, -0.15) is 0 Å². The van der Waals surface area contributed by atoms with Crippen LogP contribution in [0.3, 0.4) is 0 Å². The van der Waals surface area contributed by atoms with Crippen molar-refractivity contribution in [2.24, 2.45) is 0 Å². The van der Waals surface area contributed by atoms with Crippen LogP contribution in [0.5, 0.6) is 0 Å². The van der Waals surface area contributed by atoms with Crippen molar-refractivity contribution in [1.29, 1.82) is 0 Å². The maximum absolute atomic E-state index is 12.0. The van der Waals surface area contributed by atoms with E-state index in [-0.39, 0.29) is 18.5 Å². The van der Waals surface area contributed by atoms with Crippen LogP contribution < -0.4 is 9.62 Å². The number of carbonyl (C=O) groups is 1. The minimum absolute atomic E-state index is 0.0430. The van der Waals surface area contributed by atoms with E-state index in [9.17, 15) is 13.2 Å². The number of hydrogen-bond acceptors (Lipinski definition) is 3. The second kappa shape index (κ2) is 7.45. The molecule has 6 heteroatoms. The zero-order valence-electron chi connectivity index (χ0n) is 13.1. The summed E-state index contributed by atoms with van der Waals surface area (Å²) in [5.41, 5.74) is 1.46. The third-order valence-electron chi connectivity index (χ3n) is 3.11. The second-order valence-electron chi connectivity index (χ2n) is 5.37. The first-order chi connectivity index (χ1) is 9.74. The second-order valence-corrected chi connectivity index (χ2v) is 7.27. The van der Waals surface area contributed by atoms with Crippen molar-refractivity contribution in [2.75, 3.05) is 17.1 Å². The number of anilines is 1. The molecule has 1 unspecified atom stereocenters. The Morgan fingerprint density at radius 3 is 2.57 bits per heavy atom. The van der Waals surface area contributed by atoms with Gasteiger partial charge in [0.1, 0.15) is 6.54 Å². The molecule has 1 N–H and O–H groups in total. The van der Waals surface area contributed by atoms with Gasteiger partial charge in [-0.25, -0.2) is 8.42 Å². The number of nitrogens with one attached hydrogen (secondary N) is 1. The third kappa shape index (κ3) is 5.75. The Bertz CT molecular complexity index is 584. The van der Waals surface area contributed by atoms with Crippen molar-refractivity contribution < 1.29 is 13.2 Å². The number of hydrogen-bond donors (Lipinski definition) is 1. The number of nitrogens with zero attached hydrogens (tertiary/aromatic N) is 1. The summed E-state index contributed by atoms with van der Waals surface area (Å²) in [6.45, 7) is 5.64. The van der Waals surface area contributed by atoms with E-state index in [0.29, 0.717) is 5.69 Å². The molecule has 118 valence electrons. The van der Waals surface area contributed by atoms with Gasteiger partial charge < -0.3 is 5.32 Å². The van der Waals surface area contributed by atoms with Gasteiger partial charge in [-0.1, -0.05) is 25.5 Å². The lowest BCUT2D eigenvalue weighted by Crippen LogP contribution is -2.43. The smallest absolute Gasteiger partial charge is 0.240 e. The molecule has 0 saturated heterocycles. The highest BCUT2D eigenvalue weighted by Gasteiger charge is 2.21. The molecular formula is C15H24N2O3S. The average molecular weight is 312 g/mol. The summed E-state index contributed by atoms with van der Waals surface area (Å²) in [5, 5.41) is 2.82. The molecule has 0 aliphatic rings. The molecule has 0 radical (unpaired) electrons. The van der Waals surface area contributed by atoms with E-state index in [1.165, 1.54) is 0 Å². The molecule has 0 aliphatic heterocycles.